The molecule has 18 heavy (non-hydrogen) atoms. The van der Waals surface area contributed by atoms with Crippen LogP contribution in [0.5, 0.6) is 0 Å². The van der Waals surface area contributed by atoms with Crippen molar-refractivity contribution in [3.05, 3.63) is 15.8 Å². The molecule has 0 bridgehead atoms. The smallest absolute Gasteiger partial charge is 0.207 e. The zero-order valence-electron chi connectivity index (χ0n) is 10.6. The zero-order chi connectivity index (χ0) is 13.3. The molecule has 0 aromatic carbocycles. The van der Waals surface area contributed by atoms with Crippen LogP contribution in [-0.4, -0.2) is 26.3 Å². The molecule has 0 unspecified atom stereocenters. The van der Waals surface area contributed by atoms with E-state index in [1.165, 1.54) is 22.1 Å². The Morgan fingerprint density at radius 2 is 2.17 bits per heavy atom. The van der Waals surface area contributed by atoms with E-state index >= 15 is 0 Å². The van der Waals surface area contributed by atoms with Crippen LogP contribution in [0.25, 0.3) is 0 Å². The van der Waals surface area contributed by atoms with E-state index in [0.717, 1.165) is 23.3 Å². The lowest BCUT2D eigenvalue weighted by molar-refractivity contribution is 0.263. The van der Waals surface area contributed by atoms with Crippen LogP contribution >= 0.6 is 22.9 Å². The fraction of sp³-hybridized carbons (Fsp3) is 0.667. The minimum absolute atomic E-state index is 0.254. The van der Waals surface area contributed by atoms with E-state index in [0.29, 0.717) is 17.4 Å². The highest BCUT2D eigenvalue weighted by molar-refractivity contribution is 7.89. The molecule has 1 saturated carbocycles. The fourth-order valence-corrected chi connectivity index (χ4v) is 5.47. The minimum atomic E-state index is -3.38. The topological polar surface area (TPSA) is 37.4 Å². The summed E-state index contributed by atoms with van der Waals surface area (Å²) < 4.78 is 26.6. The van der Waals surface area contributed by atoms with Crippen LogP contribution < -0.4 is 0 Å². The van der Waals surface area contributed by atoms with Gasteiger partial charge in [-0.25, -0.2) is 12.7 Å². The Labute approximate surface area is 118 Å². The first-order chi connectivity index (χ1) is 8.46. The van der Waals surface area contributed by atoms with Crippen molar-refractivity contribution in [2.24, 2.45) is 5.92 Å². The van der Waals surface area contributed by atoms with Gasteiger partial charge in [0.2, 0.25) is 10.0 Å². The third-order valence-electron chi connectivity index (χ3n) is 3.52. The van der Waals surface area contributed by atoms with E-state index in [9.17, 15) is 8.42 Å². The normalized spacial score (nSPS) is 17.1. The molecule has 1 aliphatic carbocycles. The largest absolute Gasteiger partial charge is 0.244 e. The van der Waals surface area contributed by atoms with Crippen molar-refractivity contribution >= 4 is 33.0 Å². The van der Waals surface area contributed by atoms with Gasteiger partial charge in [-0.15, -0.1) is 22.9 Å². The number of nitrogens with zero attached hydrogens (tertiary/aromatic N) is 1. The van der Waals surface area contributed by atoms with Crippen molar-refractivity contribution in [1.82, 2.24) is 4.31 Å². The molecular weight excluding hydrogens is 290 g/mol. The average molecular weight is 308 g/mol. The highest BCUT2D eigenvalue weighted by Crippen LogP contribution is 2.32. The summed E-state index contributed by atoms with van der Waals surface area (Å²) in [5.41, 5.74) is 0.802. The summed E-state index contributed by atoms with van der Waals surface area (Å²) in [5, 5.41) is 1.86. The highest BCUT2D eigenvalue weighted by Gasteiger charge is 2.30. The third-order valence-corrected chi connectivity index (χ3v) is 7.23. The third kappa shape index (κ3) is 2.59. The van der Waals surface area contributed by atoms with Gasteiger partial charge in [-0.05, 0) is 36.6 Å². The summed E-state index contributed by atoms with van der Waals surface area (Å²) in [6, 6.07) is 0. The first-order valence-corrected chi connectivity index (χ1v) is 8.91. The van der Waals surface area contributed by atoms with Crippen molar-refractivity contribution in [2.75, 3.05) is 13.6 Å². The molecule has 1 heterocycles. The predicted molar refractivity (Wildman–Crippen MR) is 75.8 cm³/mol. The lowest BCUT2D eigenvalue weighted by Crippen LogP contribution is -2.34. The molecule has 1 aromatic heterocycles. The summed E-state index contributed by atoms with van der Waals surface area (Å²) in [6.45, 7) is 2.45. The first kappa shape index (κ1) is 14.3. The van der Waals surface area contributed by atoms with Gasteiger partial charge in [-0.2, -0.15) is 0 Å². The Morgan fingerprint density at radius 3 is 2.67 bits per heavy atom. The maximum atomic E-state index is 12.5. The second-order valence-corrected chi connectivity index (χ2v) is 8.10. The van der Waals surface area contributed by atoms with Crippen LogP contribution in [0.3, 0.4) is 0 Å². The Bertz CT molecular complexity index is 520. The number of rotatable bonds is 5. The van der Waals surface area contributed by atoms with Gasteiger partial charge in [-0.1, -0.05) is 6.42 Å². The number of hydrogen-bond donors (Lipinski definition) is 0. The number of hydrogen-bond acceptors (Lipinski definition) is 3. The van der Waals surface area contributed by atoms with Crippen LogP contribution in [0.2, 0.25) is 0 Å². The molecule has 1 aliphatic rings. The average Bonchev–Trinajstić information content (AvgIpc) is 2.64. The molecular formula is C12H18ClNO2S2. The molecule has 1 fully saturated rings. The van der Waals surface area contributed by atoms with Crippen molar-refractivity contribution in [3.63, 3.8) is 0 Å². The monoisotopic (exact) mass is 307 g/mol. The van der Waals surface area contributed by atoms with Crippen molar-refractivity contribution in [2.45, 2.75) is 37.0 Å². The maximum Gasteiger partial charge on any atom is 0.244 e. The van der Waals surface area contributed by atoms with Gasteiger partial charge in [0, 0.05) is 18.5 Å². The lowest BCUT2D eigenvalue weighted by atomic mass is 9.86. The minimum Gasteiger partial charge on any atom is -0.207 e. The number of alkyl halides is 1. The SMILES string of the molecule is Cc1csc(CCl)c1S(=O)(=O)N(C)CC1CCC1. The standard InChI is InChI=1S/C12H18ClNO2S2/c1-9-8-17-11(6-13)12(9)18(15,16)14(2)7-10-4-3-5-10/h8,10H,3-7H2,1-2H3. The van der Waals surface area contributed by atoms with Gasteiger partial charge in [0.05, 0.1) is 5.88 Å². The molecule has 0 radical (unpaired) electrons. The predicted octanol–water partition coefficient (Wildman–Crippen LogP) is 3.22. The molecule has 0 saturated heterocycles. The number of thiophene rings is 1. The quantitative estimate of drug-likeness (QED) is 0.783. The lowest BCUT2D eigenvalue weighted by Gasteiger charge is -2.29. The first-order valence-electron chi connectivity index (χ1n) is 6.06. The van der Waals surface area contributed by atoms with Crippen LogP contribution in [0.4, 0.5) is 0 Å². The van der Waals surface area contributed by atoms with Crippen LogP contribution in [0.15, 0.2) is 10.3 Å². The zero-order valence-corrected chi connectivity index (χ0v) is 13.0. The molecule has 0 atom stereocenters. The van der Waals surface area contributed by atoms with Gasteiger partial charge in [0.1, 0.15) is 4.90 Å². The summed E-state index contributed by atoms with van der Waals surface area (Å²) in [4.78, 5) is 1.17. The Morgan fingerprint density at radius 1 is 1.50 bits per heavy atom. The van der Waals surface area contributed by atoms with Crippen LogP contribution in [0, 0.1) is 12.8 Å². The highest BCUT2D eigenvalue weighted by atomic mass is 35.5. The molecule has 6 heteroatoms. The molecule has 0 N–H and O–H groups in total. The van der Waals surface area contributed by atoms with E-state index in [2.05, 4.69) is 0 Å². The fourth-order valence-electron chi connectivity index (χ4n) is 2.22. The van der Waals surface area contributed by atoms with Gasteiger partial charge in [0.15, 0.2) is 0 Å². The van der Waals surface area contributed by atoms with E-state index in [1.807, 2.05) is 12.3 Å². The van der Waals surface area contributed by atoms with Gasteiger partial charge >= 0.3 is 0 Å². The molecule has 1 aromatic rings. The summed E-state index contributed by atoms with van der Waals surface area (Å²) in [7, 11) is -1.71. The summed E-state index contributed by atoms with van der Waals surface area (Å²) in [6.07, 6.45) is 3.51. The molecule has 0 amide bonds. The molecule has 102 valence electrons. The van der Waals surface area contributed by atoms with Crippen LogP contribution in [-0.2, 0) is 15.9 Å². The molecule has 0 spiro atoms. The Hall–Kier alpha value is -0.100. The van der Waals surface area contributed by atoms with Crippen molar-refractivity contribution < 1.29 is 8.42 Å². The van der Waals surface area contributed by atoms with E-state index < -0.39 is 10.0 Å². The van der Waals surface area contributed by atoms with Crippen molar-refractivity contribution in [3.8, 4) is 0 Å². The van der Waals surface area contributed by atoms with Gasteiger partial charge in [0.25, 0.3) is 0 Å². The van der Waals surface area contributed by atoms with Gasteiger partial charge in [-0.3, -0.25) is 0 Å². The molecule has 2 rings (SSSR count). The Kier molecular flexibility index (Phi) is 4.36. The molecule has 0 aliphatic heterocycles. The van der Waals surface area contributed by atoms with Crippen LogP contribution in [0.1, 0.15) is 29.7 Å². The number of halogens is 1. The van der Waals surface area contributed by atoms with E-state index in [4.69, 9.17) is 11.6 Å². The molecule has 3 nitrogen and oxygen atoms in total. The number of aryl methyl sites for hydroxylation is 1. The van der Waals surface area contributed by atoms with E-state index in [-0.39, 0.29) is 5.88 Å². The maximum absolute atomic E-state index is 12.5. The second kappa shape index (κ2) is 5.49. The second-order valence-electron chi connectivity index (χ2n) is 4.89. The summed E-state index contributed by atoms with van der Waals surface area (Å²) in [5.74, 6) is 0.785. The van der Waals surface area contributed by atoms with Gasteiger partial charge < -0.3 is 0 Å². The van der Waals surface area contributed by atoms with Crippen molar-refractivity contribution in [1.29, 1.82) is 0 Å². The Balaban J connectivity index is 2.25. The number of sulfonamides is 1. The van der Waals surface area contributed by atoms with E-state index in [1.54, 1.807) is 7.05 Å². The summed E-state index contributed by atoms with van der Waals surface area (Å²) >= 11 is 7.25.